The van der Waals surface area contributed by atoms with Gasteiger partial charge >= 0.3 is 0 Å². The first kappa shape index (κ1) is 13.7. The number of carbonyl (C=O) groups is 1. The number of piperidine rings is 1. The molecule has 0 amide bonds. The molecule has 0 atom stereocenters. The van der Waals surface area contributed by atoms with E-state index in [1.807, 2.05) is 0 Å². The highest BCUT2D eigenvalue weighted by atomic mass is 79.9. The van der Waals surface area contributed by atoms with Crippen molar-refractivity contribution in [2.45, 2.75) is 25.7 Å². The van der Waals surface area contributed by atoms with Crippen molar-refractivity contribution in [3.05, 3.63) is 34.1 Å². The van der Waals surface area contributed by atoms with Crippen LogP contribution in [-0.2, 0) is 0 Å². The maximum atomic E-state index is 13.7. The van der Waals surface area contributed by atoms with Crippen LogP contribution < -0.4 is 5.32 Å². The van der Waals surface area contributed by atoms with Crippen LogP contribution >= 0.6 is 15.9 Å². The van der Waals surface area contributed by atoms with E-state index < -0.39 is 5.82 Å². The van der Waals surface area contributed by atoms with Crippen LogP contribution in [0, 0.1) is 11.7 Å². The third-order valence-electron chi connectivity index (χ3n) is 3.49. The number of rotatable bonds is 4. The molecular weight excluding hydrogens is 297 g/mol. The van der Waals surface area contributed by atoms with Gasteiger partial charge in [-0.1, -0.05) is 6.07 Å². The Balaban J connectivity index is 1.93. The smallest absolute Gasteiger partial charge is 0.165 e. The van der Waals surface area contributed by atoms with Gasteiger partial charge in [-0.3, -0.25) is 4.79 Å². The second kappa shape index (κ2) is 6.43. The van der Waals surface area contributed by atoms with Gasteiger partial charge in [0.15, 0.2) is 5.78 Å². The van der Waals surface area contributed by atoms with Crippen LogP contribution in [0.25, 0.3) is 0 Å². The highest BCUT2D eigenvalue weighted by molar-refractivity contribution is 9.10. The number of hydrogen-bond acceptors (Lipinski definition) is 2. The first-order valence-corrected chi connectivity index (χ1v) is 7.15. The molecule has 1 heterocycles. The monoisotopic (exact) mass is 313 g/mol. The number of Topliss-reactive ketones (excluding diaryl/α,β-unsaturated/α-hetero) is 1. The standard InChI is InChI=1S/C14H17BrFNO/c15-12-3-1-2-11(14(12)16)13(18)5-4-10-6-8-17-9-7-10/h1-3,10,17H,4-9H2. The summed E-state index contributed by atoms with van der Waals surface area (Å²) in [5, 5.41) is 3.30. The van der Waals surface area contributed by atoms with E-state index in [1.54, 1.807) is 18.2 Å². The van der Waals surface area contributed by atoms with Crippen LogP contribution in [0.5, 0.6) is 0 Å². The summed E-state index contributed by atoms with van der Waals surface area (Å²) in [6.07, 6.45) is 3.55. The number of carbonyl (C=O) groups excluding carboxylic acids is 1. The first-order valence-electron chi connectivity index (χ1n) is 6.36. The zero-order chi connectivity index (χ0) is 13.0. The van der Waals surface area contributed by atoms with E-state index in [1.165, 1.54) is 0 Å². The van der Waals surface area contributed by atoms with Crippen LogP contribution in [0.4, 0.5) is 4.39 Å². The second-order valence-corrected chi connectivity index (χ2v) is 5.61. The fraction of sp³-hybridized carbons (Fsp3) is 0.500. The minimum Gasteiger partial charge on any atom is -0.317 e. The van der Waals surface area contributed by atoms with Crippen molar-refractivity contribution < 1.29 is 9.18 Å². The van der Waals surface area contributed by atoms with Gasteiger partial charge < -0.3 is 5.32 Å². The molecule has 0 saturated carbocycles. The van der Waals surface area contributed by atoms with E-state index in [4.69, 9.17) is 0 Å². The Bertz CT molecular complexity index is 430. The number of hydrogen-bond donors (Lipinski definition) is 1. The molecule has 0 radical (unpaired) electrons. The van der Waals surface area contributed by atoms with Crippen LogP contribution in [-0.4, -0.2) is 18.9 Å². The third-order valence-corrected chi connectivity index (χ3v) is 4.10. The maximum Gasteiger partial charge on any atom is 0.165 e. The van der Waals surface area contributed by atoms with Crippen molar-refractivity contribution in [1.82, 2.24) is 5.32 Å². The molecule has 0 spiro atoms. The normalized spacial score (nSPS) is 16.8. The Morgan fingerprint density at radius 3 is 2.83 bits per heavy atom. The van der Waals surface area contributed by atoms with E-state index in [-0.39, 0.29) is 11.3 Å². The van der Waals surface area contributed by atoms with Gasteiger partial charge in [-0.2, -0.15) is 0 Å². The van der Waals surface area contributed by atoms with Gasteiger partial charge in [-0.05, 0) is 66.3 Å². The Morgan fingerprint density at radius 2 is 2.11 bits per heavy atom. The molecule has 2 rings (SSSR count). The molecule has 1 fully saturated rings. The summed E-state index contributed by atoms with van der Waals surface area (Å²) < 4.78 is 14.1. The number of benzene rings is 1. The van der Waals surface area contributed by atoms with Gasteiger partial charge in [0.25, 0.3) is 0 Å². The van der Waals surface area contributed by atoms with Gasteiger partial charge in [0, 0.05) is 6.42 Å². The fourth-order valence-corrected chi connectivity index (χ4v) is 2.73. The lowest BCUT2D eigenvalue weighted by atomic mass is 9.91. The molecule has 0 unspecified atom stereocenters. The Morgan fingerprint density at radius 1 is 1.39 bits per heavy atom. The molecule has 1 aliphatic rings. The molecule has 0 bridgehead atoms. The molecule has 1 saturated heterocycles. The number of halogens is 2. The van der Waals surface area contributed by atoms with Crippen molar-refractivity contribution in [2.75, 3.05) is 13.1 Å². The zero-order valence-corrected chi connectivity index (χ0v) is 11.8. The van der Waals surface area contributed by atoms with Gasteiger partial charge in [0.1, 0.15) is 5.82 Å². The zero-order valence-electron chi connectivity index (χ0n) is 10.2. The van der Waals surface area contributed by atoms with Gasteiger partial charge in [0.05, 0.1) is 10.0 Å². The van der Waals surface area contributed by atoms with E-state index >= 15 is 0 Å². The lowest BCUT2D eigenvalue weighted by Gasteiger charge is -2.22. The summed E-state index contributed by atoms with van der Waals surface area (Å²) in [6, 6.07) is 4.87. The molecule has 18 heavy (non-hydrogen) atoms. The topological polar surface area (TPSA) is 29.1 Å². The second-order valence-electron chi connectivity index (χ2n) is 4.76. The fourth-order valence-electron chi connectivity index (χ4n) is 2.36. The predicted octanol–water partition coefficient (Wildman–Crippen LogP) is 3.55. The molecule has 98 valence electrons. The SMILES string of the molecule is O=C(CCC1CCNCC1)c1cccc(Br)c1F. The van der Waals surface area contributed by atoms with Gasteiger partial charge in [-0.25, -0.2) is 4.39 Å². The largest absolute Gasteiger partial charge is 0.317 e. The van der Waals surface area contributed by atoms with E-state index in [9.17, 15) is 9.18 Å². The molecule has 1 aliphatic heterocycles. The Kier molecular flexibility index (Phi) is 4.89. The summed E-state index contributed by atoms with van der Waals surface area (Å²) in [7, 11) is 0. The molecule has 1 aromatic rings. The van der Waals surface area contributed by atoms with Gasteiger partial charge in [-0.15, -0.1) is 0 Å². The summed E-state index contributed by atoms with van der Waals surface area (Å²) in [5.74, 6) is 0.0746. The lowest BCUT2D eigenvalue weighted by molar-refractivity contribution is 0.0966. The van der Waals surface area contributed by atoms with E-state index in [0.29, 0.717) is 16.8 Å². The molecule has 0 aromatic heterocycles. The van der Waals surface area contributed by atoms with Crippen LogP contribution in [0.3, 0.4) is 0 Å². The van der Waals surface area contributed by atoms with Crippen LogP contribution in [0.1, 0.15) is 36.0 Å². The van der Waals surface area contributed by atoms with Crippen molar-refractivity contribution in [3.8, 4) is 0 Å². The quantitative estimate of drug-likeness (QED) is 0.861. The summed E-state index contributed by atoms with van der Waals surface area (Å²) >= 11 is 3.11. The predicted molar refractivity (Wildman–Crippen MR) is 73.3 cm³/mol. The molecule has 1 aromatic carbocycles. The molecule has 4 heteroatoms. The number of nitrogens with one attached hydrogen (secondary N) is 1. The molecular formula is C14H17BrFNO. The lowest BCUT2D eigenvalue weighted by Crippen LogP contribution is -2.28. The van der Waals surface area contributed by atoms with Crippen molar-refractivity contribution in [2.24, 2.45) is 5.92 Å². The number of ketones is 1. The summed E-state index contributed by atoms with van der Waals surface area (Å²) in [6.45, 7) is 2.06. The van der Waals surface area contributed by atoms with Crippen LogP contribution in [0.15, 0.2) is 22.7 Å². The van der Waals surface area contributed by atoms with E-state index in [0.717, 1.165) is 32.4 Å². The maximum absolute atomic E-state index is 13.7. The Labute approximate surface area is 115 Å². The van der Waals surface area contributed by atoms with E-state index in [2.05, 4.69) is 21.2 Å². The summed E-state index contributed by atoms with van der Waals surface area (Å²) in [4.78, 5) is 12.0. The van der Waals surface area contributed by atoms with Crippen molar-refractivity contribution in [1.29, 1.82) is 0 Å². The molecule has 2 nitrogen and oxygen atoms in total. The van der Waals surface area contributed by atoms with Crippen LogP contribution in [0.2, 0.25) is 0 Å². The third kappa shape index (κ3) is 3.39. The van der Waals surface area contributed by atoms with Crippen molar-refractivity contribution >= 4 is 21.7 Å². The average molecular weight is 314 g/mol. The highest BCUT2D eigenvalue weighted by Gasteiger charge is 2.17. The average Bonchev–Trinajstić information content (AvgIpc) is 2.40. The minimum atomic E-state index is -0.437. The minimum absolute atomic E-state index is 0.0904. The molecule has 0 aliphatic carbocycles. The van der Waals surface area contributed by atoms with Gasteiger partial charge in [0.2, 0.25) is 0 Å². The Hall–Kier alpha value is -0.740. The highest BCUT2D eigenvalue weighted by Crippen LogP contribution is 2.23. The first-order chi connectivity index (χ1) is 8.68. The molecule has 1 N–H and O–H groups in total. The summed E-state index contributed by atoms with van der Waals surface area (Å²) in [5.41, 5.74) is 0.207. The van der Waals surface area contributed by atoms with Crippen molar-refractivity contribution in [3.63, 3.8) is 0 Å².